The summed E-state index contributed by atoms with van der Waals surface area (Å²) in [5, 5.41) is 2.91. The number of carbonyl (C=O) groups is 1. The molecule has 1 amide bonds. The van der Waals surface area contributed by atoms with E-state index in [9.17, 15) is 4.79 Å². The number of hydrogen-bond acceptors (Lipinski definition) is 2. The van der Waals surface area contributed by atoms with Crippen molar-refractivity contribution in [2.45, 2.75) is 19.9 Å². The highest BCUT2D eigenvalue weighted by atomic mass is 79.9. The van der Waals surface area contributed by atoms with Crippen LogP contribution in [0.3, 0.4) is 0 Å². The van der Waals surface area contributed by atoms with Crippen molar-refractivity contribution in [2.24, 2.45) is 0 Å². The predicted octanol–water partition coefficient (Wildman–Crippen LogP) is 4.24. The molecule has 0 bridgehead atoms. The number of halogens is 1. The van der Waals surface area contributed by atoms with Gasteiger partial charge in [0, 0.05) is 10.5 Å². The average molecular weight is 334 g/mol. The Morgan fingerprint density at radius 3 is 2.55 bits per heavy atom. The predicted molar refractivity (Wildman–Crippen MR) is 83.2 cm³/mol. The van der Waals surface area contributed by atoms with Gasteiger partial charge in [-0.25, -0.2) is 0 Å². The van der Waals surface area contributed by atoms with Gasteiger partial charge < -0.3 is 9.73 Å². The van der Waals surface area contributed by atoms with Crippen molar-refractivity contribution in [3.8, 4) is 0 Å². The Morgan fingerprint density at radius 2 is 1.95 bits per heavy atom. The minimum absolute atomic E-state index is 0.0430. The van der Waals surface area contributed by atoms with Crippen LogP contribution >= 0.6 is 15.9 Å². The van der Waals surface area contributed by atoms with E-state index in [-0.39, 0.29) is 11.9 Å². The second kappa shape index (κ2) is 6.57. The highest BCUT2D eigenvalue weighted by molar-refractivity contribution is 9.10. The third kappa shape index (κ3) is 4.10. The van der Waals surface area contributed by atoms with Crippen molar-refractivity contribution in [1.29, 1.82) is 0 Å². The Kier molecular flexibility index (Phi) is 4.79. The number of amides is 1. The molecule has 0 aliphatic rings. The largest absolute Gasteiger partial charge is 0.462 e. The highest BCUT2D eigenvalue weighted by Gasteiger charge is 2.07. The summed E-state index contributed by atoms with van der Waals surface area (Å²) in [5.74, 6) is 1.36. The topological polar surface area (TPSA) is 42.2 Å². The van der Waals surface area contributed by atoms with Gasteiger partial charge in [-0.2, -0.15) is 0 Å². The maximum Gasteiger partial charge on any atom is 0.244 e. The third-order valence-electron chi connectivity index (χ3n) is 2.89. The van der Waals surface area contributed by atoms with Gasteiger partial charge in [0.15, 0.2) is 0 Å². The van der Waals surface area contributed by atoms with Crippen LogP contribution < -0.4 is 5.32 Å². The molecule has 1 aromatic heterocycles. The first kappa shape index (κ1) is 14.6. The molecule has 0 spiro atoms. The van der Waals surface area contributed by atoms with Crippen LogP contribution in [0.1, 0.15) is 30.0 Å². The Balaban J connectivity index is 1.94. The summed E-state index contributed by atoms with van der Waals surface area (Å²) in [7, 11) is 0. The molecular weight excluding hydrogens is 318 g/mol. The van der Waals surface area contributed by atoms with Gasteiger partial charge in [0.1, 0.15) is 11.5 Å². The van der Waals surface area contributed by atoms with Crippen LogP contribution in [0.15, 0.2) is 51.4 Å². The second-order valence-corrected chi connectivity index (χ2v) is 5.48. The van der Waals surface area contributed by atoms with Crippen LogP contribution in [-0.2, 0) is 4.79 Å². The highest BCUT2D eigenvalue weighted by Crippen LogP contribution is 2.16. The maximum atomic E-state index is 11.8. The summed E-state index contributed by atoms with van der Waals surface area (Å²) >= 11 is 3.39. The van der Waals surface area contributed by atoms with E-state index < -0.39 is 0 Å². The average Bonchev–Trinajstić information content (AvgIpc) is 2.83. The van der Waals surface area contributed by atoms with Gasteiger partial charge in [-0.1, -0.05) is 28.1 Å². The van der Waals surface area contributed by atoms with Crippen LogP contribution in [0.5, 0.6) is 0 Å². The Bertz CT molecular complexity index is 614. The summed E-state index contributed by atoms with van der Waals surface area (Å²) in [6, 6.07) is 11.5. The van der Waals surface area contributed by atoms with Gasteiger partial charge >= 0.3 is 0 Å². The lowest BCUT2D eigenvalue weighted by molar-refractivity contribution is -0.117. The number of aryl methyl sites for hydroxylation is 1. The van der Waals surface area contributed by atoms with Crippen LogP contribution in [0.4, 0.5) is 0 Å². The zero-order chi connectivity index (χ0) is 14.5. The lowest BCUT2D eigenvalue weighted by Crippen LogP contribution is -2.24. The van der Waals surface area contributed by atoms with E-state index in [1.54, 1.807) is 6.08 Å². The van der Waals surface area contributed by atoms with E-state index in [1.807, 2.05) is 50.2 Å². The molecule has 20 heavy (non-hydrogen) atoms. The van der Waals surface area contributed by atoms with Gasteiger partial charge in [0.25, 0.3) is 0 Å². The van der Waals surface area contributed by atoms with E-state index >= 15 is 0 Å². The zero-order valence-corrected chi connectivity index (χ0v) is 13.0. The summed E-state index contributed by atoms with van der Waals surface area (Å²) in [5.41, 5.74) is 1.06. The lowest BCUT2D eigenvalue weighted by atomic mass is 10.1. The molecule has 1 atom stereocenters. The molecule has 1 heterocycles. The molecule has 0 aliphatic carbocycles. The quantitative estimate of drug-likeness (QED) is 0.850. The number of nitrogens with one attached hydrogen (secondary N) is 1. The lowest BCUT2D eigenvalue weighted by Gasteiger charge is -2.12. The van der Waals surface area contributed by atoms with Crippen LogP contribution in [0.25, 0.3) is 6.08 Å². The molecule has 0 saturated heterocycles. The van der Waals surface area contributed by atoms with Crippen molar-refractivity contribution in [3.63, 3.8) is 0 Å². The van der Waals surface area contributed by atoms with E-state index in [4.69, 9.17) is 4.42 Å². The molecule has 0 aliphatic heterocycles. The van der Waals surface area contributed by atoms with Crippen molar-refractivity contribution in [1.82, 2.24) is 5.32 Å². The molecule has 2 rings (SSSR count). The van der Waals surface area contributed by atoms with E-state index in [2.05, 4.69) is 21.2 Å². The van der Waals surface area contributed by atoms with Crippen LogP contribution in [-0.4, -0.2) is 5.91 Å². The SMILES string of the molecule is Cc1ccc(/C=C/C(=O)NC(C)c2ccc(Br)cc2)o1. The maximum absolute atomic E-state index is 11.8. The smallest absolute Gasteiger partial charge is 0.244 e. The first-order valence-corrected chi connectivity index (χ1v) is 7.14. The monoisotopic (exact) mass is 333 g/mol. The third-order valence-corrected chi connectivity index (χ3v) is 3.42. The number of benzene rings is 1. The standard InChI is InChI=1S/C16H16BrNO2/c1-11-3-8-15(20-11)9-10-16(19)18-12(2)13-4-6-14(17)7-5-13/h3-10,12H,1-2H3,(H,18,19)/b10-9+. The molecular formula is C16H16BrNO2. The zero-order valence-electron chi connectivity index (χ0n) is 11.4. The molecule has 1 unspecified atom stereocenters. The van der Waals surface area contributed by atoms with Crippen molar-refractivity contribution in [3.05, 3.63) is 64.0 Å². The molecule has 0 saturated carbocycles. The molecule has 0 fully saturated rings. The summed E-state index contributed by atoms with van der Waals surface area (Å²) < 4.78 is 6.39. The Morgan fingerprint density at radius 1 is 1.25 bits per heavy atom. The molecule has 1 aromatic carbocycles. The van der Waals surface area contributed by atoms with Crippen molar-refractivity contribution in [2.75, 3.05) is 0 Å². The van der Waals surface area contributed by atoms with Crippen molar-refractivity contribution >= 4 is 27.9 Å². The van der Waals surface area contributed by atoms with Gasteiger partial charge in [-0.15, -0.1) is 0 Å². The molecule has 2 aromatic rings. The molecule has 4 heteroatoms. The first-order valence-electron chi connectivity index (χ1n) is 6.35. The van der Waals surface area contributed by atoms with E-state index in [1.165, 1.54) is 6.08 Å². The minimum Gasteiger partial charge on any atom is -0.462 e. The molecule has 0 radical (unpaired) electrons. The summed E-state index contributed by atoms with van der Waals surface area (Å²) in [4.78, 5) is 11.8. The second-order valence-electron chi connectivity index (χ2n) is 4.56. The molecule has 104 valence electrons. The first-order chi connectivity index (χ1) is 9.54. The fourth-order valence-electron chi connectivity index (χ4n) is 1.80. The number of carbonyl (C=O) groups excluding carboxylic acids is 1. The van der Waals surface area contributed by atoms with E-state index in [0.717, 1.165) is 15.8 Å². The number of rotatable bonds is 4. The number of furan rings is 1. The number of hydrogen-bond donors (Lipinski definition) is 1. The van der Waals surface area contributed by atoms with E-state index in [0.29, 0.717) is 5.76 Å². The van der Waals surface area contributed by atoms with Crippen LogP contribution in [0, 0.1) is 6.92 Å². The Hall–Kier alpha value is -1.81. The minimum atomic E-state index is -0.144. The normalized spacial score (nSPS) is 12.6. The van der Waals surface area contributed by atoms with Crippen LogP contribution in [0.2, 0.25) is 0 Å². The fourth-order valence-corrected chi connectivity index (χ4v) is 2.06. The van der Waals surface area contributed by atoms with Gasteiger partial charge in [-0.3, -0.25) is 4.79 Å². The molecule has 3 nitrogen and oxygen atoms in total. The summed E-state index contributed by atoms with van der Waals surface area (Å²) in [6.07, 6.45) is 3.14. The van der Waals surface area contributed by atoms with Gasteiger partial charge in [-0.05, 0) is 49.8 Å². The summed E-state index contributed by atoms with van der Waals surface area (Å²) in [6.45, 7) is 3.82. The Labute approximate surface area is 126 Å². The van der Waals surface area contributed by atoms with Crippen molar-refractivity contribution < 1.29 is 9.21 Å². The molecule has 1 N–H and O–H groups in total. The van der Waals surface area contributed by atoms with Gasteiger partial charge in [0.05, 0.1) is 6.04 Å². The fraction of sp³-hybridized carbons (Fsp3) is 0.188. The van der Waals surface area contributed by atoms with Gasteiger partial charge in [0.2, 0.25) is 5.91 Å².